The highest BCUT2D eigenvalue weighted by molar-refractivity contribution is 5.97. The lowest BCUT2D eigenvalue weighted by Crippen LogP contribution is -2.30. The first-order valence-corrected chi connectivity index (χ1v) is 10.5. The van der Waals surface area contributed by atoms with Gasteiger partial charge in [-0.15, -0.1) is 0 Å². The van der Waals surface area contributed by atoms with E-state index in [4.69, 9.17) is 14.7 Å². The van der Waals surface area contributed by atoms with Crippen LogP contribution < -0.4 is 9.64 Å². The molecule has 1 amide bonds. The molecule has 0 bridgehead atoms. The molecular weight excluding hydrogens is 404 g/mol. The minimum Gasteiger partial charge on any atom is -0.407 e. The summed E-state index contributed by atoms with van der Waals surface area (Å²) >= 11 is 0. The maximum absolute atomic E-state index is 12.3. The maximum atomic E-state index is 12.3. The molecule has 0 saturated carbocycles. The molecule has 5 rings (SSSR count). The molecule has 32 heavy (non-hydrogen) atoms. The zero-order valence-electron chi connectivity index (χ0n) is 17.9. The van der Waals surface area contributed by atoms with Crippen LogP contribution in [0.15, 0.2) is 60.9 Å². The number of nitrogens with zero attached hydrogens (tertiary/aromatic N) is 4. The van der Waals surface area contributed by atoms with Crippen LogP contribution >= 0.6 is 0 Å². The molecule has 7 heteroatoms. The Morgan fingerprint density at radius 1 is 1.03 bits per heavy atom. The van der Waals surface area contributed by atoms with E-state index in [1.807, 2.05) is 54.6 Å². The molecule has 1 aliphatic heterocycles. The number of benzene rings is 2. The summed E-state index contributed by atoms with van der Waals surface area (Å²) in [5.74, 6) is -0.0493. The zero-order valence-corrected chi connectivity index (χ0v) is 17.9. The highest BCUT2D eigenvalue weighted by Crippen LogP contribution is 2.37. The third kappa shape index (κ3) is 3.41. The van der Waals surface area contributed by atoms with Crippen molar-refractivity contribution in [3.63, 3.8) is 0 Å². The second-order valence-corrected chi connectivity index (χ2v) is 7.82. The molecule has 0 fully saturated rings. The normalized spacial score (nSPS) is 12.8. The molecule has 0 N–H and O–H groups in total. The molecule has 160 valence electrons. The molecular formula is C25H22N4O3. The van der Waals surface area contributed by atoms with Crippen LogP contribution in [-0.2, 0) is 22.4 Å². The van der Waals surface area contributed by atoms with E-state index in [0.717, 1.165) is 28.1 Å². The van der Waals surface area contributed by atoms with Crippen LogP contribution in [0.5, 0.6) is 5.88 Å². The molecule has 0 unspecified atom stereocenters. The molecule has 1 aliphatic rings. The first kappa shape index (κ1) is 19.9. The van der Waals surface area contributed by atoms with Crippen LogP contribution in [0, 0.1) is 0 Å². The van der Waals surface area contributed by atoms with Gasteiger partial charge in [0.15, 0.2) is 0 Å². The van der Waals surface area contributed by atoms with Gasteiger partial charge in [-0.1, -0.05) is 48.5 Å². The van der Waals surface area contributed by atoms with Gasteiger partial charge in [0.05, 0.1) is 11.4 Å². The minimum atomic E-state index is -0.413. The van der Waals surface area contributed by atoms with E-state index in [1.54, 1.807) is 22.6 Å². The second kappa shape index (κ2) is 7.92. The van der Waals surface area contributed by atoms with E-state index < -0.39 is 5.97 Å². The van der Waals surface area contributed by atoms with Gasteiger partial charge in [0, 0.05) is 37.9 Å². The number of imidazole rings is 1. The monoisotopic (exact) mass is 426 g/mol. The Bertz CT molecular complexity index is 1340. The van der Waals surface area contributed by atoms with Crippen LogP contribution in [0.3, 0.4) is 0 Å². The summed E-state index contributed by atoms with van der Waals surface area (Å²) in [5, 5.41) is 0. The Morgan fingerprint density at radius 2 is 1.78 bits per heavy atom. The van der Waals surface area contributed by atoms with Crippen molar-refractivity contribution in [2.45, 2.75) is 26.7 Å². The van der Waals surface area contributed by atoms with Crippen molar-refractivity contribution in [2.24, 2.45) is 0 Å². The van der Waals surface area contributed by atoms with Gasteiger partial charge in [-0.25, -0.2) is 9.97 Å². The lowest BCUT2D eigenvalue weighted by Gasteiger charge is -2.20. The Morgan fingerprint density at radius 3 is 2.53 bits per heavy atom. The number of amides is 1. The molecule has 0 spiro atoms. The SMILES string of the molecule is CC(=O)Oc1c(Cc2ccccc2)nc2c3c(ncn12)-c1ccccc1N(C(C)=O)CC3. The van der Waals surface area contributed by atoms with Gasteiger partial charge < -0.3 is 9.64 Å². The summed E-state index contributed by atoms with van der Waals surface area (Å²) in [6.45, 7) is 3.47. The van der Waals surface area contributed by atoms with Crippen LogP contribution in [0.25, 0.3) is 16.9 Å². The lowest BCUT2D eigenvalue weighted by atomic mass is 10.0. The fourth-order valence-corrected chi connectivity index (χ4v) is 4.28. The van der Waals surface area contributed by atoms with Crippen LogP contribution in [-0.4, -0.2) is 32.8 Å². The lowest BCUT2D eigenvalue weighted by molar-refractivity contribution is -0.132. The standard InChI is InChI=1S/C25H22N4O3/c1-16(30)28-13-12-20-23(19-10-6-7-11-22(19)28)26-15-29-24(20)27-21(25(29)32-17(2)31)14-18-8-4-3-5-9-18/h3-11,15H,12-14H2,1-2H3. The molecule has 2 aromatic carbocycles. The predicted molar refractivity (Wildman–Crippen MR) is 121 cm³/mol. The number of para-hydroxylation sites is 1. The van der Waals surface area contributed by atoms with Crippen molar-refractivity contribution in [1.29, 1.82) is 0 Å². The van der Waals surface area contributed by atoms with Gasteiger partial charge in [-0.3, -0.25) is 14.0 Å². The summed E-state index contributed by atoms with van der Waals surface area (Å²) in [5.41, 5.74) is 5.88. The highest BCUT2D eigenvalue weighted by Gasteiger charge is 2.27. The smallest absolute Gasteiger partial charge is 0.309 e. The van der Waals surface area contributed by atoms with Crippen molar-refractivity contribution >= 4 is 23.2 Å². The number of aromatic nitrogens is 3. The van der Waals surface area contributed by atoms with Crippen LogP contribution in [0.4, 0.5) is 5.69 Å². The van der Waals surface area contributed by atoms with Gasteiger partial charge >= 0.3 is 5.97 Å². The Hall–Kier alpha value is -4.00. The van der Waals surface area contributed by atoms with Crippen molar-refractivity contribution in [3.8, 4) is 17.1 Å². The largest absolute Gasteiger partial charge is 0.407 e. The van der Waals surface area contributed by atoms with Gasteiger partial charge in [0.25, 0.3) is 0 Å². The van der Waals surface area contributed by atoms with Gasteiger partial charge in [-0.2, -0.15) is 0 Å². The average molecular weight is 426 g/mol. The van der Waals surface area contributed by atoms with Crippen LogP contribution in [0.1, 0.15) is 30.7 Å². The number of hydrogen-bond acceptors (Lipinski definition) is 5. The molecule has 3 heterocycles. The first-order chi connectivity index (χ1) is 15.5. The minimum absolute atomic E-state index is 0.0185. The van der Waals surface area contributed by atoms with Crippen molar-refractivity contribution < 1.29 is 14.3 Å². The first-order valence-electron chi connectivity index (χ1n) is 10.5. The molecule has 0 aliphatic carbocycles. The second-order valence-electron chi connectivity index (χ2n) is 7.82. The van der Waals surface area contributed by atoms with Crippen LogP contribution in [0.2, 0.25) is 0 Å². The number of rotatable bonds is 3. The number of carbonyl (C=O) groups is 2. The summed E-state index contributed by atoms with van der Waals surface area (Å²) in [6, 6.07) is 17.7. The average Bonchev–Trinajstić information content (AvgIpc) is 3.01. The predicted octanol–water partition coefficient (Wildman–Crippen LogP) is 3.82. The fourth-order valence-electron chi connectivity index (χ4n) is 4.28. The van der Waals surface area contributed by atoms with E-state index in [-0.39, 0.29) is 5.91 Å². The Balaban J connectivity index is 1.71. The quantitative estimate of drug-likeness (QED) is 0.466. The van der Waals surface area contributed by atoms with E-state index in [0.29, 0.717) is 36.6 Å². The Labute approximate surface area is 185 Å². The van der Waals surface area contributed by atoms with Crippen molar-refractivity contribution in [1.82, 2.24) is 14.4 Å². The molecule has 0 atom stereocenters. The van der Waals surface area contributed by atoms with Gasteiger partial charge in [0.2, 0.25) is 11.8 Å². The number of fused-ring (bicyclic) bond motifs is 5. The van der Waals surface area contributed by atoms with Crippen molar-refractivity contribution in [3.05, 3.63) is 77.7 Å². The highest BCUT2D eigenvalue weighted by atomic mass is 16.5. The number of carbonyl (C=O) groups excluding carboxylic acids is 2. The topological polar surface area (TPSA) is 76.8 Å². The zero-order chi connectivity index (χ0) is 22.2. The van der Waals surface area contributed by atoms with E-state index in [1.165, 1.54) is 6.92 Å². The summed E-state index contributed by atoms with van der Waals surface area (Å²) < 4.78 is 7.32. The van der Waals surface area contributed by atoms with Gasteiger partial charge in [-0.05, 0) is 18.1 Å². The number of anilines is 1. The third-order valence-electron chi connectivity index (χ3n) is 5.66. The van der Waals surface area contributed by atoms with Crippen molar-refractivity contribution in [2.75, 3.05) is 11.4 Å². The summed E-state index contributed by atoms with van der Waals surface area (Å²) in [6.07, 6.45) is 2.76. The fraction of sp³-hybridized carbons (Fsp3) is 0.200. The Kier molecular flexibility index (Phi) is 4.93. The molecule has 4 aromatic rings. The number of esters is 1. The molecule has 0 saturated heterocycles. The summed E-state index contributed by atoms with van der Waals surface area (Å²) in [7, 11) is 0. The van der Waals surface area contributed by atoms with Gasteiger partial charge in [0.1, 0.15) is 17.7 Å². The molecule has 7 nitrogen and oxygen atoms in total. The third-order valence-corrected chi connectivity index (χ3v) is 5.66. The summed E-state index contributed by atoms with van der Waals surface area (Å²) in [4.78, 5) is 35.6. The van der Waals surface area contributed by atoms with E-state index >= 15 is 0 Å². The van der Waals surface area contributed by atoms with E-state index in [2.05, 4.69) is 0 Å². The maximum Gasteiger partial charge on any atom is 0.309 e. The molecule has 2 aromatic heterocycles. The number of hydrogen-bond donors (Lipinski definition) is 0. The van der Waals surface area contributed by atoms with E-state index in [9.17, 15) is 9.59 Å². The molecule has 0 radical (unpaired) electrons. The number of ether oxygens (including phenoxy) is 1.